The van der Waals surface area contributed by atoms with E-state index in [2.05, 4.69) is 5.32 Å². The highest BCUT2D eigenvalue weighted by atomic mass is 16.5. The fourth-order valence-corrected chi connectivity index (χ4v) is 2.53. The molecule has 0 saturated heterocycles. The summed E-state index contributed by atoms with van der Waals surface area (Å²) in [6.45, 7) is 2.33. The zero-order valence-corrected chi connectivity index (χ0v) is 14.9. The molecule has 1 atom stereocenters. The van der Waals surface area contributed by atoms with Crippen molar-refractivity contribution in [1.82, 2.24) is 10.2 Å². The van der Waals surface area contributed by atoms with Gasteiger partial charge in [-0.1, -0.05) is 42.5 Å². The third kappa shape index (κ3) is 5.08. The molecule has 2 aromatic carbocycles. The highest BCUT2D eigenvalue weighted by Crippen LogP contribution is 2.18. The van der Waals surface area contributed by atoms with Crippen LogP contribution in [0.25, 0.3) is 0 Å². The van der Waals surface area contributed by atoms with Gasteiger partial charge < -0.3 is 15.0 Å². The lowest BCUT2D eigenvalue weighted by Crippen LogP contribution is -2.47. The molecule has 0 radical (unpaired) electrons. The Kier molecular flexibility index (Phi) is 6.57. The van der Waals surface area contributed by atoms with Crippen LogP contribution in [-0.4, -0.2) is 43.5 Å². The first-order valence-electron chi connectivity index (χ1n) is 8.30. The number of hydrogen-bond donors (Lipinski definition) is 1. The van der Waals surface area contributed by atoms with E-state index in [1.807, 2.05) is 43.3 Å². The maximum atomic E-state index is 12.7. The number of para-hydroxylation sites is 1. The number of carbonyl (C=O) groups excluding carboxylic acids is 2. The van der Waals surface area contributed by atoms with Gasteiger partial charge in [-0.25, -0.2) is 0 Å². The number of nitrogens with one attached hydrogen (secondary N) is 1. The summed E-state index contributed by atoms with van der Waals surface area (Å²) in [5.41, 5.74) is 1.41. The predicted octanol–water partition coefficient (Wildman–Crippen LogP) is 2.51. The average Bonchev–Trinajstić information content (AvgIpc) is 2.62. The first-order valence-corrected chi connectivity index (χ1v) is 8.30. The van der Waals surface area contributed by atoms with Gasteiger partial charge in [0.15, 0.2) is 0 Å². The van der Waals surface area contributed by atoms with Gasteiger partial charge in [-0.2, -0.15) is 0 Å². The van der Waals surface area contributed by atoms with Gasteiger partial charge in [0.25, 0.3) is 5.91 Å². The molecule has 25 heavy (non-hydrogen) atoms. The van der Waals surface area contributed by atoms with Crippen LogP contribution in [0.15, 0.2) is 54.6 Å². The first-order chi connectivity index (χ1) is 12.0. The minimum absolute atomic E-state index is 0.147. The number of amides is 2. The second kappa shape index (κ2) is 8.87. The monoisotopic (exact) mass is 340 g/mol. The summed E-state index contributed by atoms with van der Waals surface area (Å²) in [7, 11) is 3.36. The number of rotatable bonds is 7. The minimum Gasteiger partial charge on any atom is -0.493 e. The van der Waals surface area contributed by atoms with Crippen LogP contribution in [-0.2, 0) is 11.2 Å². The van der Waals surface area contributed by atoms with Crippen molar-refractivity contribution in [1.29, 1.82) is 0 Å². The van der Waals surface area contributed by atoms with Crippen LogP contribution in [0.1, 0.15) is 22.8 Å². The fraction of sp³-hybridized carbons (Fsp3) is 0.300. The van der Waals surface area contributed by atoms with E-state index in [1.165, 1.54) is 4.90 Å². The van der Waals surface area contributed by atoms with Gasteiger partial charge in [0.1, 0.15) is 11.8 Å². The fourth-order valence-electron chi connectivity index (χ4n) is 2.53. The summed E-state index contributed by atoms with van der Waals surface area (Å²) in [5.74, 6) is 0.0459. The number of likely N-dealkylation sites (N-methyl/N-ethyl adjacent to an activating group) is 1. The molecular weight excluding hydrogens is 316 g/mol. The number of benzene rings is 2. The lowest BCUT2D eigenvalue weighted by Gasteiger charge is -2.22. The number of carbonyl (C=O) groups is 2. The van der Waals surface area contributed by atoms with E-state index in [0.717, 1.165) is 5.56 Å². The Hall–Kier alpha value is -2.82. The smallest absolute Gasteiger partial charge is 0.255 e. The van der Waals surface area contributed by atoms with E-state index in [9.17, 15) is 9.59 Å². The molecule has 0 bridgehead atoms. The molecule has 5 nitrogen and oxygen atoms in total. The van der Waals surface area contributed by atoms with E-state index in [0.29, 0.717) is 24.3 Å². The van der Waals surface area contributed by atoms with Gasteiger partial charge >= 0.3 is 0 Å². The molecule has 0 spiro atoms. The van der Waals surface area contributed by atoms with Crippen molar-refractivity contribution in [2.24, 2.45) is 0 Å². The summed E-state index contributed by atoms with van der Waals surface area (Å²) in [4.78, 5) is 26.7. The Morgan fingerprint density at radius 1 is 1.04 bits per heavy atom. The normalized spacial score (nSPS) is 11.5. The van der Waals surface area contributed by atoms with Crippen LogP contribution >= 0.6 is 0 Å². The van der Waals surface area contributed by atoms with Crippen molar-refractivity contribution in [3.8, 4) is 5.75 Å². The van der Waals surface area contributed by atoms with Crippen molar-refractivity contribution in [3.63, 3.8) is 0 Å². The molecule has 0 aliphatic rings. The highest BCUT2D eigenvalue weighted by molar-refractivity contribution is 5.99. The zero-order chi connectivity index (χ0) is 18.2. The van der Waals surface area contributed by atoms with Gasteiger partial charge in [0.05, 0.1) is 12.2 Å². The van der Waals surface area contributed by atoms with Gasteiger partial charge in [0.2, 0.25) is 5.91 Å². The number of hydrogen-bond acceptors (Lipinski definition) is 3. The van der Waals surface area contributed by atoms with Gasteiger partial charge in [-0.15, -0.1) is 0 Å². The maximum absolute atomic E-state index is 12.7. The molecule has 0 aromatic heterocycles. The zero-order valence-electron chi connectivity index (χ0n) is 14.9. The Bertz CT molecular complexity index is 714. The molecule has 1 N–H and O–H groups in total. The quantitative estimate of drug-likeness (QED) is 0.842. The third-order valence-electron chi connectivity index (χ3n) is 3.76. The molecule has 0 saturated carbocycles. The summed E-state index contributed by atoms with van der Waals surface area (Å²) in [6, 6.07) is 16.0. The Morgan fingerprint density at radius 2 is 1.68 bits per heavy atom. The molecule has 0 fully saturated rings. The van der Waals surface area contributed by atoms with Gasteiger partial charge in [0, 0.05) is 20.5 Å². The van der Waals surface area contributed by atoms with Gasteiger partial charge in [-0.3, -0.25) is 9.59 Å². The van der Waals surface area contributed by atoms with Crippen molar-refractivity contribution < 1.29 is 14.3 Å². The second-order valence-corrected chi connectivity index (χ2v) is 5.88. The summed E-state index contributed by atoms with van der Waals surface area (Å²) in [6.07, 6.45) is 0.431. The van der Waals surface area contributed by atoms with Crippen LogP contribution in [0.5, 0.6) is 5.75 Å². The Labute approximate surface area is 148 Å². The molecule has 0 aliphatic carbocycles. The lowest BCUT2D eigenvalue weighted by atomic mass is 10.0. The largest absolute Gasteiger partial charge is 0.493 e. The standard InChI is InChI=1S/C20H24N2O3/c1-4-25-18-13-9-8-12-16(18)19(23)21-17(20(24)22(2)3)14-15-10-6-5-7-11-15/h5-13,17H,4,14H2,1-3H3,(H,21,23)/t17-/m1/s1. The van der Waals surface area contributed by atoms with Crippen molar-refractivity contribution in [2.75, 3.05) is 20.7 Å². The van der Waals surface area contributed by atoms with Crippen molar-refractivity contribution in [3.05, 3.63) is 65.7 Å². The van der Waals surface area contributed by atoms with E-state index >= 15 is 0 Å². The summed E-state index contributed by atoms with van der Waals surface area (Å²) < 4.78 is 5.51. The van der Waals surface area contributed by atoms with Crippen molar-refractivity contribution in [2.45, 2.75) is 19.4 Å². The average molecular weight is 340 g/mol. The minimum atomic E-state index is -0.639. The van der Waals surface area contributed by atoms with E-state index in [-0.39, 0.29) is 11.8 Å². The molecule has 132 valence electrons. The van der Waals surface area contributed by atoms with Crippen LogP contribution < -0.4 is 10.1 Å². The Morgan fingerprint density at radius 3 is 2.32 bits per heavy atom. The summed E-state index contributed by atoms with van der Waals surface area (Å²) in [5, 5.41) is 2.85. The van der Waals surface area contributed by atoms with Crippen LogP contribution in [0.3, 0.4) is 0 Å². The van der Waals surface area contributed by atoms with Crippen LogP contribution in [0.4, 0.5) is 0 Å². The topological polar surface area (TPSA) is 58.6 Å². The summed E-state index contributed by atoms with van der Waals surface area (Å²) >= 11 is 0. The molecule has 2 amide bonds. The Balaban J connectivity index is 2.21. The number of ether oxygens (including phenoxy) is 1. The van der Waals surface area contributed by atoms with Gasteiger partial charge in [-0.05, 0) is 24.6 Å². The molecule has 0 unspecified atom stereocenters. The molecular formula is C20H24N2O3. The molecule has 0 aliphatic heterocycles. The second-order valence-electron chi connectivity index (χ2n) is 5.88. The highest BCUT2D eigenvalue weighted by Gasteiger charge is 2.24. The van der Waals surface area contributed by atoms with E-state index in [4.69, 9.17) is 4.74 Å². The molecule has 2 aromatic rings. The van der Waals surface area contributed by atoms with Crippen molar-refractivity contribution >= 4 is 11.8 Å². The molecule has 0 heterocycles. The molecule has 2 rings (SSSR count). The van der Waals surface area contributed by atoms with E-state index < -0.39 is 6.04 Å². The SMILES string of the molecule is CCOc1ccccc1C(=O)N[C@H](Cc1ccccc1)C(=O)N(C)C. The third-order valence-corrected chi connectivity index (χ3v) is 3.76. The van der Waals surface area contributed by atoms with Crippen LogP contribution in [0.2, 0.25) is 0 Å². The number of nitrogens with zero attached hydrogens (tertiary/aromatic N) is 1. The molecule has 5 heteroatoms. The van der Waals surface area contributed by atoms with E-state index in [1.54, 1.807) is 32.3 Å². The first kappa shape index (κ1) is 18.5. The lowest BCUT2D eigenvalue weighted by molar-refractivity contribution is -0.130. The predicted molar refractivity (Wildman–Crippen MR) is 97.7 cm³/mol. The maximum Gasteiger partial charge on any atom is 0.255 e. The van der Waals surface area contributed by atoms with Crippen LogP contribution in [0, 0.1) is 0 Å².